The summed E-state index contributed by atoms with van der Waals surface area (Å²) in [4.78, 5) is 0. The van der Waals surface area contributed by atoms with Crippen LogP contribution < -0.4 is 0 Å². The third kappa shape index (κ3) is 1.83. The molecule has 1 rings (SSSR count). The predicted molar refractivity (Wildman–Crippen MR) is 51.8 cm³/mol. The molecule has 0 radical (unpaired) electrons. The first-order chi connectivity index (χ1) is 4.61. The largest absolute Gasteiger partial charge is 0.205 e. The van der Waals surface area contributed by atoms with Crippen LogP contribution >= 0.6 is 50.1 Å². The summed E-state index contributed by atoms with van der Waals surface area (Å²) in [6.07, 6.45) is 0. The maximum absolute atomic E-state index is 12.7. The summed E-state index contributed by atoms with van der Waals surface area (Å²) in [6.45, 7) is 0. The highest BCUT2D eigenvalue weighted by molar-refractivity contribution is 14.1. The van der Waals surface area contributed by atoms with Crippen molar-refractivity contribution in [1.82, 2.24) is 0 Å². The van der Waals surface area contributed by atoms with Gasteiger partial charge in [-0.05, 0) is 34.7 Å². The van der Waals surface area contributed by atoms with Gasteiger partial charge in [0.15, 0.2) is 0 Å². The molecule has 0 spiro atoms. The van der Waals surface area contributed by atoms with Crippen LogP contribution in [0.4, 0.5) is 4.39 Å². The summed E-state index contributed by atoms with van der Waals surface area (Å²) in [7, 11) is 0. The Morgan fingerprint density at radius 1 is 1.50 bits per heavy atom. The van der Waals surface area contributed by atoms with E-state index in [1.807, 2.05) is 22.6 Å². The Bertz CT molecular complexity index is 241. The van der Waals surface area contributed by atoms with Crippen molar-refractivity contribution in [2.24, 2.45) is 0 Å². The molecule has 0 aliphatic carbocycles. The van der Waals surface area contributed by atoms with Gasteiger partial charge in [-0.25, -0.2) is 4.39 Å². The van der Waals surface area contributed by atoms with Gasteiger partial charge in [-0.3, -0.25) is 0 Å². The molecule has 0 unspecified atom stereocenters. The van der Waals surface area contributed by atoms with Crippen LogP contribution in [0.1, 0.15) is 0 Å². The molecule has 1 aromatic rings. The second kappa shape index (κ2) is 3.36. The highest BCUT2D eigenvalue weighted by Crippen LogP contribution is 2.25. The van der Waals surface area contributed by atoms with Crippen LogP contribution in [0.2, 0.25) is 5.02 Å². The van der Waals surface area contributed by atoms with Crippen molar-refractivity contribution < 1.29 is 4.39 Å². The van der Waals surface area contributed by atoms with Crippen LogP contribution in [0.15, 0.2) is 16.6 Å². The Kier molecular flexibility index (Phi) is 2.94. The van der Waals surface area contributed by atoms with Crippen molar-refractivity contribution in [3.8, 4) is 0 Å². The Morgan fingerprint density at radius 3 is 2.60 bits per heavy atom. The Balaban J connectivity index is 3.31. The molecule has 0 fully saturated rings. The molecule has 0 saturated heterocycles. The third-order valence-electron chi connectivity index (χ3n) is 0.949. The maximum atomic E-state index is 12.7. The van der Waals surface area contributed by atoms with Crippen LogP contribution in [0, 0.1) is 9.39 Å². The quantitative estimate of drug-likeness (QED) is 0.384. The second-order valence-corrected chi connectivity index (χ2v) is 4.14. The second-order valence-electron chi connectivity index (χ2n) is 1.68. The standard InChI is InChI=1S/C6H2BrClFI/c7-3-1-4(9)6(8)5(10)2-3/h1-2H. The van der Waals surface area contributed by atoms with Crippen LogP contribution in [0.5, 0.6) is 0 Å². The fourth-order valence-corrected chi connectivity index (χ4v) is 2.08. The van der Waals surface area contributed by atoms with Gasteiger partial charge in [-0.2, -0.15) is 0 Å². The lowest BCUT2D eigenvalue weighted by Crippen LogP contribution is -1.80. The van der Waals surface area contributed by atoms with E-state index in [2.05, 4.69) is 15.9 Å². The minimum Gasteiger partial charge on any atom is -0.205 e. The fourth-order valence-electron chi connectivity index (χ4n) is 0.525. The van der Waals surface area contributed by atoms with Gasteiger partial charge < -0.3 is 0 Å². The predicted octanol–water partition coefficient (Wildman–Crippen LogP) is 3.85. The van der Waals surface area contributed by atoms with Gasteiger partial charge in [-0.15, -0.1) is 0 Å². The van der Waals surface area contributed by atoms with E-state index < -0.39 is 0 Å². The van der Waals surface area contributed by atoms with Crippen molar-refractivity contribution >= 4 is 50.1 Å². The molecule has 0 aliphatic heterocycles. The van der Waals surface area contributed by atoms with Crippen molar-refractivity contribution in [3.05, 3.63) is 31.0 Å². The summed E-state index contributed by atoms with van der Waals surface area (Å²) < 4.78 is 14.1. The monoisotopic (exact) mass is 334 g/mol. The van der Waals surface area contributed by atoms with E-state index in [0.29, 0.717) is 8.04 Å². The lowest BCUT2D eigenvalue weighted by Gasteiger charge is -1.97. The first-order valence-electron chi connectivity index (χ1n) is 2.41. The fraction of sp³-hybridized carbons (Fsp3) is 0. The average Bonchev–Trinajstić information content (AvgIpc) is 1.82. The molecule has 0 heterocycles. The molecule has 0 atom stereocenters. The summed E-state index contributed by atoms with van der Waals surface area (Å²) in [6, 6.07) is 3.09. The molecule has 54 valence electrons. The molecular formula is C6H2BrClFI. The summed E-state index contributed by atoms with van der Waals surface area (Å²) >= 11 is 10.7. The molecule has 0 nitrogen and oxygen atoms in total. The van der Waals surface area contributed by atoms with Crippen LogP contribution in [-0.4, -0.2) is 0 Å². The minimum atomic E-state index is -0.388. The van der Waals surface area contributed by atoms with Gasteiger partial charge >= 0.3 is 0 Å². The van der Waals surface area contributed by atoms with E-state index >= 15 is 0 Å². The van der Waals surface area contributed by atoms with Crippen molar-refractivity contribution in [2.45, 2.75) is 0 Å². The van der Waals surface area contributed by atoms with Crippen molar-refractivity contribution in [1.29, 1.82) is 0 Å². The van der Waals surface area contributed by atoms with Crippen LogP contribution in [-0.2, 0) is 0 Å². The topological polar surface area (TPSA) is 0 Å². The number of hydrogen-bond acceptors (Lipinski definition) is 0. The molecular weight excluding hydrogens is 333 g/mol. The molecule has 0 aromatic heterocycles. The van der Waals surface area contributed by atoms with E-state index in [0.717, 1.165) is 0 Å². The smallest absolute Gasteiger partial charge is 0.143 e. The van der Waals surface area contributed by atoms with E-state index in [9.17, 15) is 4.39 Å². The molecule has 0 aliphatic rings. The van der Waals surface area contributed by atoms with E-state index in [4.69, 9.17) is 11.6 Å². The molecule has 0 N–H and O–H groups in total. The lowest BCUT2D eigenvalue weighted by atomic mass is 10.3. The van der Waals surface area contributed by atoms with Crippen LogP contribution in [0.25, 0.3) is 0 Å². The number of hydrogen-bond donors (Lipinski definition) is 0. The SMILES string of the molecule is Fc1cc(Br)cc(I)c1Cl. The van der Waals surface area contributed by atoms with Gasteiger partial charge in [0, 0.05) is 8.04 Å². The molecule has 0 amide bonds. The lowest BCUT2D eigenvalue weighted by molar-refractivity contribution is 0.626. The zero-order valence-corrected chi connectivity index (χ0v) is 9.17. The molecule has 10 heavy (non-hydrogen) atoms. The molecule has 0 bridgehead atoms. The van der Waals surface area contributed by atoms with Gasteiger partial charge in [0.1, 0.15) is 5.82 Å². The van der Waals surface area contributed by atoms with Crippen molar-refractivity contribution in [3.63, 3.8) is 0 Å². The Morgan fingerprint density at radius 2 is 2.10 bits per heavy atom. The minimum absolute atomic E-state index is 0.184. The molecule has 1 aromatic carbocycles. The summed E-state index contributed by atoms with van der Waals surface area (Å²) in [5.74, 6) is -0.388. The molecule has 0 saturated carbocycles. The zero-order chi connectivity index (χ0) is 7.72. The van der Waals surface area contributed by atoms with E-state index in [1.54, 1.807) is 6.07 Å². The number of benzene rings is 1. The van der Waals surface area contributed by atoms with Gasteiger partial charge in [-0.1, -0.05) is 27.5 Å². The normalized spacial score (nSPS) is 10.0. The van der Waals surface area contributed by atoms with Crippen molar-refractivity contribution in [2.75, 3.05) is 0 Å². The first-order valence-corrected chi connectivity index (χ1v) is 4.66. The number of halogens is 4. The third-order valence-corrected chi connectivity index (χ3v) is 2.96. The van der Waals surface area contributed by atoms with E-state index in [-0.39, 0.29) is 10.8 Å². The molecule has 4 heteroatoms. The summed E-state index contributed by atoms with van der Waals surface area (Å²) in [5.41, 5.74) is 0. The first kappa shape index (κ1) is 8.74. The Hall–Kier alpha value is 0.650. The number of rotatable bonds is 0. The summed E-state index contributed by atoms with van der Waals surface area (Å²) in [5, 5.41) is 0.184. The highest BCUT2D eigenvalue weighted by atomic mass is 127. The van der Waals surface area contributed by atoms with Gasteiger partial charge in [0.25, 0.3) is 0 Å². The van der Waals surface area contributed by atoms with Gasteiger partial charge in [0.2, 0.25) is 0 Å². The van der Waals surface area contributed by atoms with Crippen LogP contribution in [0.3, 0.4) is 0 Å². The van der Waals surface area contributed by atoms with Gasteiger partial charge in [0.05, 0.1) is 5.02 Å². The zero-order valence-electron chi connectivity index (χ0n) is 4.67. The Labute approximate surface area is 85.0 Å². The average molecular weight is 335 g/mol. The highest BCUT2D eigenvalue weighted by Gasteiger charge is 2.04. The van der Waals surface area contributed by atoms with E-state index in [1.165, 1.54) is 6.07 Å². The maximum Gasteiger partial charge on any atom is 0.143 e.